The number of benzene rings is 2. The molecule has 4 rings (SSSR count). The second kappa shape index (κ2) is 8.85. The predicted octanol–water partition coefficient (Wildman–Crippen LogP) is 4.81. The van der Waals surface area contributed by atoms with Crippen LogP contribution in [-0.2, 0) is 13.0 Å². The second-order valence-corrected chi connectivity index (χ2v) is 8.24. The van der Waals surface area contributed by atoms with E-state index in [2.05, 4.69) is 43.1 Å². The highest BCUT2D eigenvalue weighted by molar-refractivity contribution is 9.10. The Morgan fingerprint density at radius 3 is 2.79 bits per heavy atom. The minimum Gasteiger partial charge on any atom is -0.339 e. The molecule has 0 N–H and O–H groups in total. The summed E-state index contributed by atoms with van der Waals surface area (Å²) >= 11 is 3.26. The van der Waals surface area contributed by atoms with Crippen molar-refractivity contribution >= 4 is 15.9 Å². The van der Waals surface area contributed by atoms with Gasteiger partial charge in [-0.3, -0.25) is 4.90 Å². The van der Waals surface area contributed by atoms with Crippen LogP contribution in [0, 0.1) is 17.1 Å². The van der Waals surface area contributed by atoms with Gasteiger partial charge in [-0.2, -0.15) is 10.2 Å². The largest absolute Gasteiger partial charge is 0.339 e. The number of hydrogen-bond donors (Lipinski definition) is 0. The SMILES string of the molecule is N#Cc1cccc(CN2CCC(c3nc(Cc4ccc(Br)cc4F)no3)CC2)c1. The fraction of sp³-hybridized carbons (Fsp3) is 0.318. The van der Waals surface area contributed by atoms with Crippen LogP contribution in [0.5, 0.6) is 0 Å². The number of aromatic nitrogens is 2. The van der Waals surface area contributed by atoms with E-state index in [9.17, 15) is 4.39 Å². The lowest BCUT2D eigenvalue weighted by molar-refractivity contribution is 0.187. The molecule has 3 aromatic rings. The number of hydrogen-bond acceptors (Lipinski definition) is 5. The van der Waals surface area contributed by atoms with E-state index in [4.69, 9.17) is 9.78 Å². The lowest BCUT2D eigenvalue weighted by Crippen LogP contribution is -2.32. The molecule has 2 aromatic carbocycles. The van der Waals surface area contributed by atoms with Crippen molar-refractivity contribution < 1.29 is 8.91 Å². The van der Waals surface area contributed by atoms with E-state index in [1.54, 1.807) is 12.1 Å². The van der Waals surface area contributed by atoms with Crippen molar-refractivity contribution in [3.8, 4) is 6.07 Å². The van der Waals surface area contributed by atoms with Crippen LogP contribution < -0.4 is 0 Å². The van der Waals surface area contributed by atoms with Crippen molar-refractivity contribution in [3.63, 3.8) is 0 Å². The maximum atomic E-state index is 14.0. The standard InChI is InChI=1S/C22H20BrFN4O/c23-19-5-4-18(20(24)12-19)11-21-26-22(29-27-21)17-6-8-28(9-7-17)14-16-3-1-2-15(10-16)13-25/h1-5,10,12,17H,6-9,11,14H2. The van der Waals surface area contributed by atoms with Crippen molar-refractivity contribution in [1.29, 1.82) is 5.26 Å². The molecule has 0 radical (unpaired) electrons. The van der Waals surface area contributed by atoms with Gasteiger partial charge in [-0.15, -0.1) is 0 Å². The number of rotatable bonds is 5. The van der Waals surface area contributed by atoms with Crippen molar-refractivity contribution in [1.82, 2.24) is 15.0 Å². The van der Waals surface area contributed by atoms with Gasteiger partial charge in [-0.25, -0.2) is 4.39 Å². The zero-order chi connectivity index (χ0) is 20.2. The van der Waals surface area contributed by atoms with Crippen LogP contribution in [0.1, 0.15) is 47.2 Å². The van der Waals surface area contributed by atoms with Gasteiger partial charge in [0.1, 0.15) is 5.82 Å². The third-order valence-electron chi connectivity index (χ3n) is 5.25. The summed E-state index contributed by atoms with van der Waals surface area (Å²) in [4.78, 5) is 6.89. The average Bonchev–Trinajstić information content (AvgIpc) is 3.19. The number of nitriles is 1. The molecule has 148 valence electrons. The summed E-state index contributed by atoms with van der Waals surface area (Å²) < 4.78 is 20.2. The summed E-state index contributed by atoms with van der Waals surface area (Å²) in [6.07, 6.45) is 2.19. The maximum Gasteiger partial charge on any atom is 0.229 e. The fourth-order valence-corrected chi connectivity index (χ4v) is 4.01. The number of nitrogens with zero attached hydrogens (tertiary/aromatic N) is 4. The average molecular weight is 455 g/mol. The Morgan fingerprint density at radius 2 is 2.03 bits per heavy atom. The van der Waals surface area contributed by atoms with Gasteiger partial charge in [0.2, 0.25) is 5.89 Å². The normalized spacial score (nSPS) is 15.3. The Kier molecular flexibility index (Phi) is 6.02. The van der Waals surface area contributed by atoms with E-state index in [0.717, 1.165) is 38.0 Å². The molecule has 2 heterocycles. The van der Waals surface area contributed by atoms with Gasteiger partial charge in [0, 0.05) is 23.4 Å². The molecule has 1 aromatic heterocycles. The fourth-order valence-electron chi connectivity index (χ4n) is 3.68. The monoisotopic (exact) mass is 454 g/mol. The van der Waals surface area contributed by atoms with E-state index in [0.29, 0.717) is 33.7 Å². The zero-order valence-corrected chi connectivity index (χ0v) is 17.4. The quantitative estimate of drug-likeness (QED) is 0.553. The molecule has 1 aliphatic rings. The molecule has 0 spiro atoms. The molecule has 5 nitrogen and oxygen atoms in total. The predicted molar refractivity (Wildman–Crippen MR) is 110 cm³/mol. The van der Waals surface area contributed by atoms with E-state index in [1.807, 2.05) is 18.2 Å². The van der Waals surface area contributed by atoms with E-state index < -0.39 is 0 Å². The van der Waals surface area contributed by atoms with Gasteiger partial charge in [0.25, 0.3) is 0 Å². The molecule has 1 aliphatic heterocycles. The summed E-state index contributed by atoms with van der Waals surface area (Å²) in [6, 6.07) is 14.9. The Morgan fingerprint density at radius 1 is 1.21 bits per heavy atom. The van der Waals surface area contributed by atoms with Crippen LogP contribution in [0.25, 0.3) is 0 Å². The summed E-state index contributed by atoms with van der Waals surface area (Å²) in [5, 5.41) is 13.1. The molecule has 0 aliphatic carbocycles. The molecule has 7 heteroatoms. The first-order valence-electron chi connectivity index (χ1n) is 9.58. The smallest absolute Gasteiger partial charge is 0.229 e. The van der Waals surface area contributed by atoms with Gasteiger partial charge >= 0.3 is 0 Å². The number of piperidine rings is 1. The molecule has 0 bridgehead atoms. The first-order valence-corrected chi connectivity index (χ1v) is 10.4. The van der Waals surface area contributed by atoms with Crippen LogP contribution >= 0.6 is 15.9 Å². The molecule has 0 atom stereocenters. The third kappa shape index (κ3) is 4.89. The molecule has 1 fully saturated rings. The molecule has 0 amide bonds. The van der Waals surface area contributed by atoms with E-state index >= 15 is 0 Å². The lowest BCUT2D eigenvalue weighted by atomic mass is 9.96. The first kappa shape index (κ1) is 19.7. The van der Waals surface area contributed by atoms with Gasteiger partial charge in [0.05, 0.1) is 11.6 Å². The Bertz CT molecular complexity index is 1040. The first-order chi connectivity index (χ1) is 14.1. The van der Waals surface area contributed by atoms with Crippen LogP contribution in [0.15, 0.2) is 51.5 Å². The zero-order valence-electron chi connectivity index (χ0n) is 15.8. The molecule has 1 saturated heterocycles. The van der Waals surface area contributed by atoms with Gasteiger partial charge < -0.3 is 4.52 Å². The summed E-state index contributed by atoms with van der Waals surface area (Å²) in [7, 11) is 0. The second-order valence-electron chi connectivity index (χ2n) is 7.32. The molecular weight excluding hydrogens is 435 g/mol. The van der Waals surface area contributed by atoms with Gasteiger partial charge in [-0.05, 0) is 61.3 Å². The van der Waals surface area contributed by atoms with Crippen molar-refractivity contribution in [2.45, 2.75) is 31.7 Å². The molecule has 0 saturated carbocycles. The van der Waals surface area contributed by atoms with Crippen molar-refractivity contribution in [2.24, 2.45) is 0 Å². The van der Waals surface area contributed by atoms with Crippen LogP contribution in [0.3, 0.4) is 0 Å². The summed E-state index contributed by atoms with van der Waals surface area (Å²) in [6.45, 7) is 2.70. The van der Waals surface area contributed by atoms with Crippen LogP contribution in [-0.4, -0.2) is 28.1 Å². The van der Waals surface area contributed by atoms with Crippen molar-refractivity contribution in [2.75, 3.05) is 13.1 Å². The van der Waals surface area contributed by atoms with Crippen molar-refractivity contribution in [3.05, 3.63) is 81.2 Å². The lowest BCUT2D eigenvalue weighted by Gasteiger charge is -2.30. The van der Waals surface area contributed by atoms with Crippen LogP contribution in [0.2, 0.25) is 0 Å². The minimum atomic E-state index is -0.278. The Balaban J connectivity index is 1.34. The highest BCUT2D eigenvalue weighted by Gasteiger charge is 2.25. The molecule has 0 unspecified atom stereocenters. The highest BCUT2D eigenvalue weighted by Crippen LogP contribution is 2.28. The number of halogens is 2. The molecule has 29 heavy (non-hydrogen) atoms. The minimum absolute atomic E-state index is 0.229. The van der Waals surface area contributed by atoms with E-state index in [-0.39, 0.29) is 11.7 Å². The highest BCUT2D eigenvalue weighted by atomic mass is 79.9. The molecular formula is C22H20BrFN4O. The van der Waals surface area contributed by atoms with E-state index in [1.165, 1.54) is 6.07 Å². The third-order valence-corrected chi connectivity index (χ3v) is 5.74. The topological polar surface area (TPSA) is 66.0 Å². The summed E-state index contributed by atoms with van der Waals surface area (Å²) in [5.74, 6) is 1.10. The van der Waals surface area contributed by atoms with Crippen LogP contribution in [0.4, 0.5) is 4.39 Å². The van der Waals surface area contributed by atoms with Gasteiger partial charge in [0.15, 0.2) is 5.82 Å². The Labute approximate surface area is 177 Å². The summed E-state index contributed by atoms with van der Waals surface area (Å²) in [5.41, 5.74) is 2.40. The maximum absolute atomic E-state index is 14.0. The number of likely N-dealkylation sites (tertiary alicyclic amines) is 1. The Hall–Kier alpha value is -2.56. The van der Waals surface area contributed by atoms with Gasteiger partial charge in [-0.1, -0.05) is 39.3 Å².